The largest absolute Gasteiger partial charge is 0.481 e. The van der Waals surface area contributed by atoms with Crippen LogP contribution in [0.25, 0.3) is 0 Å². The topological polar surface area (TPSA) is 70.5 Å². The van der Waals surface area contributed by atoms with Crippen molar-refractivity contribution in [2.75, 3.05) is 27.9 Å². The van der Waals surface area contributed by atoms with Crippen molar-refractivity contribution in [2.24, 2.45) is 11.8 Å². The molecule has 0 aliphatic heterocycles. The number of carbonyl (C=O) groups excluding carboxylic acids is 1. The van der Waals surface area contributed by atoms with Gasteiger partial charge < -0.3 is 14.2 Å². The van der Waals surface area contributed by atoms with E-state index in [1.165, 1.54) is 26.6 Å². The van der Waals surface area contributed by atoms with Gasteiger partial charge >= 0.3 is 0 Å². The second kappa shape index (κ2) is 11.3. The van der Waals surface area contributed by atoms with Crippen LogP contribution in [-0.2, 0) is 4.74 Å². The van der Waals surface area contributed by atoms with E-state index in [0.29, 0.717) is 36.0 Å². The van der Waals surface area contributed by atoms with Crippen LogP contribution in [0.5, 0.6) is 11.8 Å². The molecule has 0 saturated heterocycles. The highest BCUT2D eigenvalue weighted by Crippen LogP contribution is 2.44. The summed E-state index contributed by atoms with van der Waals surface area (Å²) in [4.78, 5) is 20.9. The molecular weight excluding hydrogens is 418 g/mol. The monoisotopic (exact) mass is 448 g/mol. The molecule has 0 N–H and O–H groups in total. The zero-order valence-electron chi connectivity index (χ0n) is 18.7. The van der Waals surface area contributed by atoms with Gasteiger partial charge in [0.1, 0.15) is 0 Å². The van der Waals surface area contributed by atoms with Gasteiger partial charge in [0.05, 0.1) is 19.8 Å². The molecule has 0 aromatic carbocycles. The average Bonchev–Trinajstić information content (AvgIpc) is 2.83. The van der Waals surface area contributed by atoms with Crippen LogP contribution in [0.2, 0.25) is 0 Å². The van der Waals surface area contributed by atoms with E-state index in [0.717, 1.165) is 25.7 Å². The van der Waals surface area contributed by atoms with Gasteiger partial charge in [-0.1, -0.05) is 0 Å². The van der Waals surface area contributed by atoms with Gasteiger partial charge in [-0.3, -0.25) is 4.79 Å². The van der Waals surface area contributed by atoms with Gasteiger partial charge in [-0.25, -0.2) is 18.7 Å². The number of ether oxygens (including phenoxy) is 3. The fourth-order valence-corrected chi connectivity index (χ4v) is 4.71. The molecule has 2 aromatic heterocycles. The molecule has 6 nitrogen and oxygen atoms in total. The van der Waals surface area contributed by atoms with Crippen LogP contribution >= 0.6 is 0 Å². The molecule has 1 fully saturated rings. The first-order valence-corrected chi connectivity index (χ1v) is 10.8. The predicted molar refractivity (Wildman–Crippen MR) is 116 cm³/mol. The van der Waals surface area contributed by atoms with E-state index in [1.807, 2.05) is 0 Å². The van der Waals surface area contributed by atoms with Gasteiger partial charge in [-0.05, 0) is 61.1 Å². The maximum Gasteiger partial charge on any atom is 0.269 e. The van der Waals surface area contributed by atoms with Crippen LogP contribution < -0.4 is 9.47 Å². The highest BCUT2D eigenvalue weighted by molar-refractivity contribution is 5.96. The van der Waals surface area contributed by atoms with Gasteiger partial charge in [0, 0.05) is 44.2 Å². The van der Waals surface area contributed by atoms with E-state index in [-0.39, 0.29) is 29.1 Å². The summed E-state index contributed by atoms with van der Waals surface area (Å²) in [5, 5.41) is 0. The molecule has 2 aromatic rings. The minimum Gasteiger partial charge on any atom is -0.481 e. The van der Waals surface area contributed by atoms with E-state index < -0.39 is 6.43 Å². The number of methoxy groups -OCH3 is 3. The van der Waals surface area contributed by atoms with E-state index in [9.17, 15) is 13.6 Å². The van der Waals surface area contributed by atoms with Gasteiger partial charge in [-0.15, -0.1) is 0 Å². The van der Waals surface area contributed by atoms with E-state index in [1.54, 1.807) is 25.3 Å². The number of hydrogen-bond acceptors (Lipinski definition) is 6. The summed E-state index contributed by atoms with van der Waals surface area (Å²) >= 11 is 0. The summed E-state index contributed by atoms with van der Waals surface area (Å²) in [5.74, 6) is 0.858. The number of nitrogens with zero attached hydrogens (tertiary/aromatic N) is 2. The fraction of sp³-hybridized carbons (Fsp3) is 0.542. The van der Waals surface area contributed by atoms with Gasteiger partial charge in [0.2, 0.25) is 11.8 Å². The molecule has 32 heavy (non-hydrogen) atoms. The number of halogens is 2. The Bertz CT molecular complexity index is 884. The second-order valence-corrected chi connectivity index (χ2v) is 8.17. The molecule has 174 valence electrons. The van der Waals surface area contributed by atoms with E-state index in [4.69, 9.17) is 14.2 Å². The number of rotatable bonds is 10. The quantitative estimate of drug-likeness (QED) is 0.463. The third-order valence-electron chi connectivity index (χ3n) is 6.37. The highest BCUT2D eigenvalue weighted by atomic mass is 19.3. The fourth-order valence-electron chi connectivity index (χ4n) is 4.71. The third kappa shape index (κ3) is 5.59. The second-order valence-electron chi connectivity index (χ2n) is 8.17. The molecule has 0 amide bonds. The molecule has 0 bridgehead atoms. The van der Waals surface area contributed by atoms with Crippen molar-refractivity contribution in [3.05, 3.63) is 47.3 Å². The number of carbonyl (C=O) groups is 1. The Morgan fingerprint density at radius 2 is 1.81 bits per heavy atom. The maximum absolute atomic E-state index is 13.7. The lowest BCUT2D eigenvalue weighted by Crippen LogP contribution is -2.27. The molecule has 0 radical (unpaired) electrons. The molecule has 3 rings (SSSR count). The number of Topliss-reactive ketones (excluding diaryl/α,β-unsaturated/α-hetero) is 1. The molecule has 0 spiro atoms. The van der Waals surface area contributed by atoms with Crippen LogP contribution in [0.4, 0.5) is 8.78 Å². The summed E-state index contributed by atoms with van der Waals surface area (Å²) in [6.45, 7) is 0.482. The summed E-state index contributed by atoms with van der Waals surface area (Å²) in [6, 6.07) is 5.08. The van der Waals surface area contributed by atoms with Crippen molar-refractivity contribution < 1.29 is 27.8 Å². The van der Waals surface area contributed by atoms with E-state index in [2.05, 4.69) is 9.97 Å². The first-order chi connectivity index (χ1) is 15.5. The normalized spacial score (nSPS) is 19.6. The summed E-state index contributed by atoms with van der Waals surface area (Å²) in [5.41, 5.74) is 1.06. The molecular formula is C24H30F2N2O4. The van der Waals surface area contributed by atoms with Crippen LogP contribution in [0.15, 0.2) is 30.6 Å². The van der Waals surface area contributed by atoms with Gasteiger partial charge in [0.25, 0.3) is 6.43 Å². The Morgan fingerprint density at radius 1 is 1.06 bits per heavy atom. The Kier molecular flexibility index (Phi) is 8.50. The SMILES string of the molecule is COC[C@H](CC(=O)c1ccc(OC)nc1)C1CCC(c2ccnc(OC)c2C(F)F)CC1. The number of ketones is 1. The number of hydrogen-bond donors (Lipinski definition) is 0. The van der Waals surface area contributed by atoms with Crippen molar-refractivity contribution in [2.45, 2.75) is 44.4 Å². The van der Waals surface area contributed by atoms with Gasteiger partial charge in [-0.2, -0.15) is 0 Å². The first-order valence-electron chi connectivity index (χ1n) is 10.8. The maximum atomic E-state index is 13.7. The average molecular weight is 449 g/mol. The molecule has 1 saturated carbocycles. The molecule has 2 heterocycles. The van der Waals surface area contributed by atoms with Crippen molar-refractivity contribution in [3.63, 3.8) is 0 Å². The van der Waals surface area contributed by atoms with Crippen LogP contribution in [0, 0.1) is 11.8 Å². The zero-order valence-corrected chi connectivity index (χ0v) is 18.7. The highest BCUT2D eigenvalue weighted by Gasteiger charge is 2.32. The summed E-state index contributed by atoms with van der Waals surface area (Å²) in [6.07, 6.45) is 4.03. The van der Waals surface area contributed by atoms with Crippen LogP contribution in [0.3, 0.4) is 0 Å². The van der Waals surface area contributed by atoms with E-state index >= 15 is 0 Å². The molecule has 0 unspecified atom stereocenters. The van der Waals surface area contributed by atoms with Crippen LogP contribution in [0.1, 0.15) is 65.9 Å². The number of aromatic nitrogens is 2. The minimum absolute atomic E-state index is 0.00409. The first kappa shape index (κ1) is 24.0. The van der Waals surface area contributed by atoms with Crippen molar-refractivity contribution in [1.82, 2.24) is 9.97 Å². The van der Waals surface area contributed by atoms with Gasteiger partial charge in [0.15, 0.2) is 5.78 Å². The van der Waals surface area contributed by atoms with Crippen molar-refractivity contribution in [3.8, 4) is 11.8 Å². The Morgan fingerprint density at radius 3 is 2.38 bits per heavy atom. The Hall–Kier alpha value is -2.61. The lowest BCUT2D eigenvalue weighted by Gasteiger charge is -2.34. The van der Waals surface area contributed by atoms with Crippen LogP contribution in [-0.4, -0.2) is 43.7 Å². The number of pyridine rings is 2. The smallest absolute Gasteiger partial charge is 0.269 e. The Labute approximate surface area is 187 Å². The lowest BCUT2D eigenvalue weighted by molar-refractivity contribution is 0.0757. The molecule has 1 aliphatic rings. The van der Waals surface area contributed by atoms with Crippen molar-refractivity contribution in [1.29, 1.82) is 0 Å². The summed E-state index contributed by atoms with van der Waals surface area (Å²) < 4.78 is 42.9. The minimum atomic E-state index is -2.64. The molecule has 8 heteroatoms. The third-order valence-corrected chi connectivity index (χ3v) is 6.37. The zero-order chi connectivity index (χ0) is 23.1. The van der Waals surface area contributed by atoms with Crippen molar-refractivity contribution >= 4 is 5.78 Å². The lowest BCUT2D eigenvalue weighted by atomic mass is 9.72. The molecule has 1 aliphatic carbocycles. The summed E-state index contributed by atoms with van der Waals surface area (Å²) in [7, 11) is 4.52. The predicted octanol–water partition coefficient (Wildman–Crippen LogP) is 5.24. The Balaban J connectivity index is 1.67. The number of alkyl halides is 2. The molecule has 1 atom stereocenters. The standard InChI is InChI=1S/C24H30F2N2O4/c1-30-14-18(12-20(29)17-8-9-21(31-2)28-13-17)15-4-6-16(7-5-15)19-10-11-27-24(32-3)22(19)23(25)26/h8-11,13,15-16,18,23H,4-7,12,14H2,1-3H3/t15?,16?,18-/m0/s1.